The summed E-state index contributed by atoms with van der Waals surface area (Å²) in [6, 6.07) is 1.40. The maximum absolute atomic E-state index is 5.93. The van der Waals surface area contributed by atoms with E-state index >= 15 is 0 Å². The molecule has 17 heavy (non-hydrogen) atoms. The van der Waals surface area contributed by atoms with Crippen LogP contribution in [0.2, 0.25) is 0 Å². The van der Waals surface area contributed by atoms with Crippen LogP contribution < -0.4 is 5.32 Å². The van der Waals surface area contributed by atoms with Crippen LogP contribution in [0.3, 0.4) is 0 Å². The average Bonchev–Trinajstić information content (AvgIpc) is 2.38. The lowest BCUT2D eigenvalue weighted by Gasteiger charge is -2.46. The quantitative estimate of drug-likeness (QED) is 0.744. The molecular weight excluding hydrogens is 212 g/mol. The maximum atomic E-state index is 5.93. The SMILES string of the molecule is CCNCCC(C)N1CCOC2CCCCC21. The van der Waals surface area contributed by atoms with Gasteiger partial charge in [0, 0.05) is 18.6 Å². The molecule has 2 aliphatic rings. The number of ether oxygens (including phenoxy) is 1. The fraction of sp³-hybridized carbons (Fsp3) is 1.00. The van der Waals surface area contributed by atoms with Crippen molar-refractivity contribution < 1.29 is 4.74 Å². The first-order chi connectivity index (χ1) is 8.33. The molecule has 1 heterocycles. The molecule has 2 rings (SSSR count). The third-order valence-electron chi connectivity index (χ3n) is 4.33. The zero-order chi connectivity index (χ0) is 12.1. The summed E-state index contributed by atoms with van der Waals surface area (Å²) < 4.78 is 5.93. The zero-order valence-corrected chi connectivity index (χ0v) is 11.5. The van der Waals surface area contributed by atoms with E-state index in [1.165, 1.54) is 32.1 Å². The highest BCUT2D eigenvalue weighted by atomic mass is 16.5. The van der Waals surface area contributed by atoms with Gasteiger partial charge in [-0.25, -0.2) is 0 Å². The molecule has 100 valence electrons. The molecular formula is C14H28N2O. The van der Waals surface area contributed by atoms with Crippen molar-refractivity contribution in [1.82, 2.24) is 10.2 Å². The Morgan fingerprint density at radius 1 is 1.35 bits per heavy atom. The zero-order valence-electron chi connectivity index (χ0n) is 11.5. The van der Waals surface area contributed by atoms with Gasteiger partial charge in [0.15, 0.2) is 0 Å². The van der Waals surface area contributed by atoms with E-state index in [0.29, 0.717) is 18.2 Å². The topological polar surface area (TPSA) is 24.5 Å². The van der Waals surface area contributed by atoms with Crippen molar-refractivity contribution in [3.8, 4) is 0 Å². The monoisotopic (exact) mass is 240 g/mol. The van der Waals surface area contributed by atoms with Crippen LogP contribution in [-0.2, 0) is 4.74 Å². The van der Waals surface area contributed by atoms with Crippen molar-refractivity contribution in [2.45, 2.75) is 64.1 Å². The maximum Gasteiger partial charge on any atom is 0.0731 e. The minimum atomic E-state index is 0.527. The van der Waals surface area contributed by atoms with E-state index in [1.54, 1.807) is 0 Å². The predicted molar refractivity (Wildman–Crippen MR) is 71.3 cm³/mol. The molecule has 1 aliphatic heterocycles. The lowest BCUT2D eigenvalue weighted by atomic mass is 9.89. The summed E-state index contributed by atoms with van der Waals surface area (Å²) in [5.41, 5.74) is 0. The molecule has 0 bridgehead atoms. The smallest absolute Gasteiger partial charge is 0.0731 e. The number of fused-ring (bicyclic) bond motifs is 1. The molecule has 3 atom stereocenters. The van der Waals surface area contributed by atoms with Gasteiger partial charge in [-0.15, -0.1) is 0 Å². The molecule has 1 N–H and O–H groups in total. The van der Waals surface area contributed by atoms with Crippen molar-refractivity contribution >= 4 is 0 Å². The third-order valence-corrected chi connectivity index (χ3v) is 4.33. The summed E-state index contributed by atoms with van der Waals surface area (Å²) >= 11 is 0. The molecule has 2 fully saturated rings. The second kappa shape index (κ2) is 6.72. The third kappa shape index (κ3) is 3.43. The van der Waals surface area contributed by atoms with Gasteiger partial charge in [0.05, 0.1) is 12.7 Å². The van der Waals surface area contributed by atoms with Crippen LogP contribution in [0.15, 0.2) is 0 Å². The lowest BCUT2D eigenvalue weighted by molar-refractivity contribution is -0.101. The summed E-state index contributed by atoms with van der Waals surface area (Å²) in [6.45, 7) is 8.86. The van der Waals surface area contributed by atoms with Gasteiger partial charge in [-0.05, 0) is 39.3 Å². The number of nitrogens with one attached hydrogen (secondary N) is 1. The van der Waals surface area contributed by atoms with Crippen molar-refractivity contribution in [2.75, 3.05) is 26.2 Å². The van der Waals surface area contributed by atoms with Crippen molar-refractivity contribution in [3.05, 3.63) is 0 Å². The molecule has 0 amide bonds. The van der Waals surface area contributed by atoms with Gasteiger partial charge >= 0.3 is 0 Å². The first-order valence-electron chi connectivity index (χ1n) is 7.41. The highest BCUT2D eigenvalue weighted by molar-refractivity contribution is 4.89. The van der Waals surface area contributed by atoms with E-state index in [-0.39, 0.29) is 0 Å². The van der Waals surface area contributed by atoms with E-state index in [9.17, 15) is 0 Å². The second-order valence-electron chi connectivity index (χ2n) is 5.49. The van der Waals surface area contributed by atoms with Crippen molar-refractivity contribution in [3.63, 3.8) is 0 Å². The Balaban J connectivity index is 1.84. The number of nitrogens with zero attached hydrogens (tertiary/aromatic N) is 1. The Bertz CT molecular complexity index is 220. The molecule has 0 aromatic carbocycles. The molecule has 0 radical (unpaired) electrons. The van der Waals surface area contributed by atoms with Crippen LogP contribution in [0.5, 0.6) is 0 Å². The highest BCUT2D eigenvalue weighted by Crippen LogP contribution is 2.30. The van der Waals surface area contributed by atoms with E-state index in [4.69, 9.17) is 4.74 Å². The Morgan fingerprint density at radius 3 is 3.00 bits per heavy atom. The van der Waals surface area contributed by atoms with E-state index in [0.717, 1.165) is 26.2 Å². The summed E-state index contributed by atoms with van der Waals surface area (Å²) in [4.78, 5) is 2.71. The summed E-state index contributed by atoms with van der Waals surface area (Å²) in [5.74, 6) is 0. The number of rotatable bonds is 5. The van der Waals surface area contributed by atoms with Crippen LogP contribution in [-0.4, -0.2) is 49.3 Å². The Labute approximate surface area is 106 Å². The predicted octanol–water partition coefficient (Wildman–Crippen LogP) is 2.02. The van der Waals surface area contributed by atoms with Gasteiger partial charge in [0.1, 0.15) is 0 Å². The van der Waals surface area contributed by atoms with Crippen LogP contribution in [0.1, 0.15) is 46.0 Å². The van der Waals surface area contributed by atoms with E-state index in [1.807, 2.05) is 0 Å². The lowest BCUT2D eigenvalue weighted by Crippen LogP contribution is -2.55. The highest BCUT2D eigenvalue weighted by Gasteiger charge is 2.35. The van der Waals surface area contributed by atoms with Crippen LogP contribution in [0.4, 0.5) is 0 Å². The summed E-state index contributed by atoms with van der Waals surface area (Å²) in [7, 11) is 0. The first-order valence-corrected chi connectivity index (χ1v) is 7.41. The van der Waals surface area contributed by atoms with Gasteiger partial charge in [-0.3, -0.25) is 4.90 Å². The van der Waals surface area contributed by atoms with Crippen molar-refractivity contribution in [2.24, 2.45) is 0 Å². The fourth-order valence-electron chi connectivity index (χ4n) is 3.33. The average molecular weight is 240 g/mol. The van der Waals surface area contributed by atoms with Gasteiger partial charge in [-0.1, -0.05) is 19.8 Å². The molecule has 0 aromatic rings. The van der Waals surface area contributed by atoms with E-state index < -0.39 is 0 Å². The Kier molecular flexibility index (Phi) is 5.26. The molecule has 3 unspecified atom stereocenters. The summed E-state index contributed by atoms with van der Waals surface area (Å²) in [5, 5.41) is 3.43. The minimum absolute atomic E-state index is 0.527. The number of hydrogen-bond acceptors (Lipinski definition) is 3. The molecule has 0 spiro atoms. The fourth-order valence-corrected chi connectivity index (χ4v) is 3.33. The molecule has 3 nitrogen and oxygen atoms in total. The normalized spacial score (nSPS) is 32.1. The van der Waals surface area contributed by atoms with Crippen LogP contribution >= 0.6 is 0 Å². The standard InChI is InChI=1S/C14H28N2O/c1-3-15-9-8-12(2)16-10-11-17-14-7-5-4-6-13(14)16/h12-15H,3-11H2,1-2H3. The van der Waals surface area contributed by atoms with Gasteiger partial charge < -0.3 is 10.1 Å². The van der Waals surface area contributed by atoms with Crippen LogP contribution in [0.25, 0.3) is 0 Å². The second-order valence-corrected chi connectivity index (χ2v) is 5.49. The minimum Gasteiger partial charge on any atom is -0.375 e. The first kappa shape index (κ1) is 13.3. The van der Waals surface area contributed by atoms with Crippen LogP contribution in [0, 0.1) is 0 Å². The van der Waals surface area contributed by atoms with E-state index in [2.05, 4.69) is 24.1 Å². The summed E-state index contributed by atoms with van der Waals surface area (Å²) in [6.07, 6.45) is 7.16. The number of hydrogen-bond donors (Lipinski definition) is 1. The van der Waals surface area contributed by atoms with Gasteiger partial charge in [-0.2, -0.15) is 0 Å². The molecule has 1 aliphatic carbocycles. The van der Waals surface area contributed by atoms with Crippen molar-refractivity contribution in [1.29, 1.82) is 0 Å². The van der Waals surface area contributed by atoms with Gasteiger partial charge in [0.25, 0.3) is 0 Å². The Morgan fingerprint density at radius 2 is 2.18 bits per heavy atom. The molecule has 1 saturated heterocycles. The Hall–Kier alpha value is -0.120. The largest absolute Gasteiger partial charge is 0.375 e. The molecule has 3 heteroatoms. The number of morpholine rings is 1. The van der Waals surface area contributed by atoms with Gasteiger partial charge in [0.2, 0.25) is 0 Å². The molecule has 0 aromatic heterocycles. The molecule has 1 saturated carbocycles.